The van der Waals surface area contributed by atoms with Gasteiger partial charge < -0.3 is 10.2 Å². The van der Waals surface area contributed by atoms with Gasteiger partial charge in [-0.3, -0.25) is 4.79 Å². The number of nitrogens with one attached hydrogen (secondary N) is 1. The Morgan fingerprint density at radius 2 is 2.04 bits per heavy atom. The molecule has 1 aliphatic heterocycles. The summed E-state index contributed by atoms with van der Waals surface area (Å²) >= 11 is 0. The predicted molar refractivity (Wildman–Crippen MR) is 86.0 cm³/mol. The molecular weight excluding hydrogens is 295 g/mol. The lowest BCUT2D eigenvalue weighted by Gasteiger charge is -2.30. The summed E-state index contributed by atoms with van der Waals surface area (Å²) in [7, 11) is 0. The highest BCUT2D eigenvalue weighted by molar-refractivity contribution is 5.92. The van der Waals surface area contributed by atoms with Crippen molar-refractivity contribution in [3.8, 4) is 0 Å². The number of aromatic nitrogens is 2. The van der Waals surface area contributed by atoms with Gasteiger partial charge in [-0.05, 0) is 43.0 Å². The van der Waals surface area contributed by atoms with Gasteiger partial charge in [0.2, 0.25) is 0 Å². The van der Waals surface area contributed by atoms with E-state index in [9.17, 15) is 9.18 Å². The molecular formula is C17H19FN4O. The molecule has 0 aliphatic carbocycles. The number of hydrogen-bond donors (Lipinski definition) is 1. The van der Waals surface area contributed by atoms with Crippen molar-refractivity contribution in [3.63, 3.8) is 0 Å². The van der Waals surface area contributed by atoms with Crippen LogP contribution in [0.5, 0.6) is 0 Å². The van der Waals surface area contributed by atoms with Crippen LogP contribution in [-0.4, -0.2) is 33.9 Å². The van der Waals surface area contributed by atoms with E-state index in [0.29, 0.717) is 23.1 Å². The number of anilines is 2. The van der Waals surface area contributed by atoms with E-state index in [-0.39, 0.29) is 11.7 Å². The maximum atomic E-state index is 12.9. The number of carbonyl (C=O) groups excluding carboxylic acids is 1. The molecule has 0 radical (unpaired) electrons. The normalized spacial score (nSPS) is 17.8. The fourth-order valence-electron chi connectivity index (χ4n) is 2.72. The number of halogens is 1. The molecule has 1 unspecified atom stereocenters. The number of rotatable bonds is 3. The highest BCUT2D eigenvalue weighted by Gasteiger charge is 2.23. The standard InChI is InChI=1S/C17H19FN4O/c1-12-3-2-8-22(11-12)17(23)15-9-20-16(10-19-15)21-14-6-4-13(18)5-7-14/h4-7,9-10,12H,2-3,8,11H2,1H3,(H,20,21). The summed E-state index contributed by atoms with van der Waals surface area (Å²) in [6, 6.07) is 5.97. The zero-order valence-electron chi connectivity index (χ0n) is 13.0. The van der Waals surface area contributed by atoms with Crippen LogP contribution in [-0.2, 0) is 0 Å². The van der Waals surface area contributed by atoms with E-state index in [2.05, 4.69) is 22.2 Å². The van der Waals surface area contributed by atoms with E-state index in [1.807, 2.05) is 4.90 Å². The summed E-state index contributed by atoms with van der Waals surface area (Å²) in [6.45, 7) is 3.71. The summed E-state index contributed by atoms with van der Waals surface area (Å²) in [5, 5.41) is 3.02. The Morgan fingerprint density at radius 1 is 1.26 bits per heavy atom. The van der Waals surface area contributed by atoms with Crippen molar-refractivity contribution in [2.75, 3.05) is 18.4 Å². The van der Waals surface area contributed by atoms with E-state index in [4.69, 9.17) is 0 Å². The van der Waals surface area contributed by atoms with Gasteiger partial charge in [0.05, 0.1) is 12.4 Å². The minimum atomic E-state index is -0.293. The summed E-state index contributed by atoms with van der Waals surface area (Å²) in [4.78, 5) is 22.7. The van der Waals surface area contributed by atoms with Crippen molar-refractivity contribution in [3.05, 3.63) is 48.2 Å². The molecule has 5 nitrogen and oxygen atoms in total. The lowest BCUT2D eigenvalue weighted by Crippen LogP contribution is -2.39. The van der Waals surface area contributed by atoms with Gasteiger partial charge in [-0.2, -0.15) is 0 Å². The average Bonchev–Trinajstić information content (AvgIpc) is 2.57. The molecule has 1 aromatic carbocycles. The molecule has 1 saturated heterocycles. The molecule has 120 valence electrons. The van der Waals surface area contributed by atoms with Crippen LogP contribution in [0.4, 0.5) is 15.9 Å². The minimum Gasteiger partial charge on any atom is -0.339 e. The smallest absolute Gasteiger partial charge is 0.274 e. The number of piperidine rings is 1. The van der Waals surface area contributed by atoms with Crippen molar-refractivity contribution in [1.29, 1.82) is 0 Å². The van der Waals surface area contributed by atoms with E-state index >= 15 is 0 Å². The quantitative estimate of drug-likeness (QED) is 0.945. The van der Waals surface area contributed by atoms with Crippen LogP contribution < -0.4 is 5.32 Å². The third-order valence-electron chi connectivity index (χ3n) is 3.93. The van der Waals surface area contributed by atoms with Gasteiger partial charge >= 0.3 is 0 Å². The SMILES string of the molecule is CC1CCCN(C(=O)c2cnc(Nc3ccc(F)cc3)cn2)C1. The first-order valence-corrected chi connectivity index (χ1v) is 7.76. The Labute approximate surface area is 134 Å². The molecule has 1 aromatic heterocycles. The van der Waals surface area contributed by atoms with Crippen LogP contribution in [0.2, 0.25) is 0 Å². The van der Waals surface area contributed by atoms with Gasteiger partial charge in [-0.25, -0.2) is 14.4 Å². The second-order valence-corrected chi connectivity index (χ2v) is 5.92. The summed E-state index contributed by atoms with van der Waals surface area (Å²) in [6.07, 6.45) is 5.19. The van der Waals surface area contributed by atoms with Crippen LogP contribution in [0.15, 0.2) is 36.7 Å². The number of carbonyl (C=O) groups is 1. The van der Waals surface area contributed by atoms with Gasteiger partial charge in [0, 0.05) is 18.8 Å². The summed E-state index contributed by atoms with van der Waals surface area (Å²) < 4.78 is 12.9. The summed E-state index contributed by atoms with van der Waals surface area (Å²) in [5.74, 6) is 0.677. The monoisotopic (exact) mass is 314 g/mol. The predicted octanol–water partition coefficient (Wildman–Crippen LogP) is 3.23. The molecule has 1 fully saturated rings. The molecule has 1 atom stereocenters. The third kappa shape index (κ3) is 3.83. The molecule has 3 rings (SSSR count). The lowest BCUT2D eigenvalue weighted by atomic mass is 10.0. The van der Waals surface area contributed by atoms with E-state index in [1.54, 1.807) is 12.1 Å². The van der Waals surface area contributed by atoms with Crippen molar-refractivity contribution in [2.24, 2.45) is 5.92 Å². The largest absolute Gasteiger partial charge is 0.339 e. The number of amides is 1. The Morgan fingerprint density at radius 3 is 2.70 bits per heavy atom. The molecule has 6 heteroatoms. The van der Waals surface area contributed by atoms with Crippen LogP contribution >= 0.6 is 0 Å². The van der Waals surface area contributed by atoms with E-state index < -0.39 is 0 Å². The van der Waals surface area contributed by atoms with Crippen LogP contribution in [0.3, 0.4) is 0 Å². The maximum absolute atomic E-state index is 12.9. The highest BCUT2D eigenvalue weighted by atomic mass is 19.1. The van der Waals surface area contributed by atoms with Crippen molar-refractivity contribution < 1.29 is 9.18 Å². The van der Waals surface area contributed by atoms with E-state index in [0.717, 1.165) is 25.9 Å². The fourth-order valence-corrected chi connectivity index (χ4v) is 2.72. The molecule has 1 aliphatic rings. The molecule has 2 heterocycles. The Bertz CT molecular complexity index is 672. The van der Waals surface area contributed by atoms with Crippen molar-refractivity contribution in [2.45, 2.75) is 19.8 Å². The molecule has 0 bridgehead atoms. The average molecular weight is 314 g/mol. The van der Waals surface area contributed by atoms with Crippen LogP contribution in [0.25, 0.3) is 0 Å². The molecule has 1 amide bonds. The second-order valence-electron chi connectivity index (χ2n) is 5.92. The number of hydrogen-bond acceptors (Lipinski definition) is 4. The van der Waals surface area contributed by atoms with Crippen LogP contribution in [0.1, 0.15) is 30.3 Å². The molecule has 0 spiro atoms. The highest BCUT2D eigenvalue weighted by Crippen LogP contribution is 2.18. The first kappa shape index (κ1) is 15.4. The zero-order valence-corrected chi connectivity index (χ0v) is 13.0. The number of benzene rings is 1. The molecule has 0 saturated carbocycles. The second kappa shape index (κ2) is 6.73. The Balaban J connectivity index is 1.66. The summed E-state index contributed by atoms with van der Waals surface area (Å²) in [5.41, 5.74) is 1.06. The molecule has 23 heavy (non-hydrogen) atoms. The number of nitrogens with zero attached hydrogens (tertiary/aromatic N) is 3. The maximum Gasteiger partial charge on any atom is 0.274 e. The number of likely N-dealkylation sites (tertiary alicyclic amines) is 1. The van der Waals surface area contributed by atoms with Crippen molar-refractivity contribution >= 4 is 17.4 Å². The third-order valence-corrected chi connectivity index (χ3v) is 3.93. The van der Waals surface area contributed by atoms with Gasteiger partial charge in [-0.1, -0.05) is 6.92 Å². The Hall–Kier alpha value is -2.50. The molecule has 2 aromatic rings. The molecule has 1 N–H and O–H groups in total. The van der Waals surface area contributed by atoms with Crippen molar-refractivity contribution in [1.82, 2.24) is 14.9 Å². The van der Waals surface area contributed by atoms with Crippen LogP contribution in [0, 0.1) is 11.7 Å². The topological polar surface area (TPSA) is 58.1 Å². The van der Waals surface area contributed by atoms with Gasteiger partial charge in [0.15, 0.2) is 0 Å². The van der Waals surface area contributed by atoms with E-state index in [1.165, 1.54) is 24.5 Å². The zero-order chi connectivity index (χ0) is 16.2. The van der Waals surface area contributed by atoms with Gasteiger partial charge in [0.1, 0.15) is 17.3 Å². The van der Waals surface area contributed by atoms with Gasteiger partial charge in [-0.15, -0.1) is 0 Å². The lowest BCUT2D eigenvalue weighted by molar-refractivity contribution is 0.0676. The Kier molecular flexibility index (Phi) is 4.50. The first-order valence-electron chi connectivity index (χ1n) is 7.76. The van der Waals surface area contributed by atoms with Gasteiger partial charge in [0.25, 0.3) is 5.91 Å². The first-order chi connectivity index (χ1) is 11.1. The fraction of sp³-hybridized carbons (Fsp3) is 0.353. The minimum absolute atomic E-state index is 0.0719.